The van der Waals surface area contributed by atoms with Gasteiger partial charge in [-0.1, -0.05) is 32.9 Å². The lowest BCUT2D eigenvalue weighted by Crippen LogP contribution is -2.61. The number of fused-ring (bicyclic) bond motifs is 1. The topological polar surface area (TPSA) is 30.5 Å². The maximum atomic E-state index is 5.61. The monoisotopic (exact) mass is 289 g/mol. The van der Waals surface area contributed by atoms with Gasteiger partial charge in [-0.25, -0.2) is 0 Å². The van der Waals surface area contributed by atoms with Gasteiger partial charge < -0.3 is 14.8 Å². The summed E-state index contributed by atoms with van der Waals surface area (Å²) in [5.41, 5.74) is 2.95. The Morgan fingerprint density at radius 2 is 2.24 bits per heavy atom. The van der Waals surface area contributed by atoms with Gasteiger partial charge in [0.15, 0.2) is 0 Å². The van der Waals surface area contributed by atoms with Crippen LogP contribution in [0.2, 0.25) is 0 Å². The third-order valence-electron chi connectivity index (χ3n) is 5.39. The molecule has 1 aromatic carbocycles. The molecule has 0 spiro atoms. The van der Waals surface area contributed by atoms with Gasteiger partial charge in [0, 0.05) is 31.0 Å². The lowest BCUT2D eigenvalue weighted by Gasteiger charge is -2.52. The fraction of sp³-hybridized carbons (Fsp3) is 0.667. The molecule has 21 heavy (non-hydrogen) atoms. The molecule has 1 N–H and O–H groups in total. The second-order valence-electron chi connectivity index (χ2n) is 6.93. The summed E-state index contributed by atoms with van der Waals surface area (Å²) in [5, 5.41) is 3.84. The lowest BCUT2D eigenvalue weighted by atomic mass is 9.64. The van der Waals surface area contributed by atoms with Crippen molar-refractivity contribution in [3.8, 4) is 5.75 Å². The summed E-state index contributed by atoms with van der Waals surface area (Å²) in [6, 6.07) is 7.61. The van der Waals surface area contributed by atoms with E-state index in [0.717, 1.165) is 31.6 Å². The SMILES string of the molecule is CCC(NC1CC(OC)C1(C)C)c1ccc2c(c1)CCO2. The fourth-order valence-electron chi connectivity index (χ4n) is 3.68. The van der Waals surface area contributed by atoms with Crippen LogP contribution >= 0.6 is 0 Å². The minimum Gasteiger partial charge on any atom is -0.493 e. The minimum absolute atomic E-state index is 0.210. The molecule has 3 heteroatoms. The zero-order valence-electron chi connectivity index (χ0n) is 13.6. The van der Waals surface area contributed by atoms with Crippen LogP contribution in [0.4, 0.5) is 0 Å². The van der Waals surface area contributed by atoms with E-state index in [4.69, 9.17) is 9.47 Å². The first-order chi connectivity index (χ1) is 10.1. The Morgan fingerprint density at radius 1 is 1.43 bits per heavy atom. The summed E-state index contributed by atoms with van der Waals surface area (Å²) in [4.78, 5) is 0. The maximum Gasteiger partial charge on any atom is 0.122 e. The molecule has 0 amide bonds. The Labute approximate surface area is 128 Å². The lowest BCUT2D eigenvalue weighted by molar-refractivity contribution is -0.100. The molecule has 2 aliphatic rings. The predicted octanol–water partition coefficient (Wildman–Crippen LogP) is 3.48. The molecular weight excluding hydrogens is 262 g/mol. The van der Waals surface area contributed by atoms with Gasteiger partial charge in [-0.15, -0.1) is 0 Å². The van der Waals surface area contributed by atoms with E-state index < -0.39 is 0 Å². The van der Waals surface area contributed by atoms with E-state index in [2.05, 4.69) is 44.3 Å². The molecule has 3 rings (SSSR count). The van der Waals surface area contributed by atoms with Crippen LogP contribution in [0.3, 0.4) is 0 Å². The normalized spacial score (nSPS) is 27.6. The van der Waals surface area contributed by atoms with E-state index in [1.54, 1.807) is 0 Å². The standard InChI is InChI=1S/C18H27NO2/c1-5-14(19-16-11-17(20-4)18(16,2)3)12-6-7-15-13(10-12)8-9-21-15/h6-7,10,14,16-17,19H,5,8-9,11H2,1-4H3. The van der Waals surface area contributed by atoms with Crippen molar-refractivity contribution in [2.75, 3.05) is 13.7 Å². The zero-order valence-corrected chi connectivity index (χ0v) is 13.6. The number of methoxy groups -OCH3 is 1. The Kier molecular flexibility index (Phi) is 3.98. The van der Waals surface area contributed by atoms with Crippen molar-refractivity contribution in [2.45, 2.75) is 58.2 Å². The zero-order chi connectivity index (χ0) is 15.0. The summed E-state index contributed by atoms with van der Waals surface area (Å²) in [7, 11) is 1.82. The maximum absolute atomic E-state index is 5.61. The highest BCUT2D eigenvalue weighted by Gasteiger charge is 2.48. The molecule has 3 nitrogen and oxygen atoms in total. The quantitative estimate of drug-likeness (QED) is 0.900. The molecule has 1 aliphatic carbocycles. The molecule has 0 aromatic heterocycles. The molecule has 116 valence electrons. The van der Waals surface area contributed by atoms with E-state index in [1.807, 2.05) is 7.11 Å². The second-order valence-corrected chi connectivity index (χ2v) is 6.93. The van der Waals surface area contributed by atoms with Crippen molar-refractivity contribution >= 4 is 0 Å². The minimum atomic E-state index is 0.210. The number of benzene rings is 1. The van der Waals surface area contributed by atoms with Crippen LogP contribution in [0.5, 0.6) is 5.75 Å². The first-order valence-corrected chi connectivity index (χ1v) is 8.10. The number of ether oxygens (including phenoxy) is 2. The number of hydrogen-bond acceptors (Lipinski definition) is 3. The average molecular weight is 289 g/mol. The van der Waals surface area contributed by atoms with Crippen molar-refractivity contribution in [3.63, 3.8) is 0 Å². The van der Waals surface area contributed by atoms with Crippen molar-refractivity contribution in [1.29, 1.82) is 0 Å². The van der Waals surface area contributed by atoms with Gasteiger partial charge >= 0.3 is 0 Å². The first-order valence-electron chi connectivity index (χ1n) is 8.10. The molecule has 3 unspecified atom stereocenters. The Morgan fingerprint density at radius 3 is 2.90 bits per heavy atom. The van der Waals surface area contributed by atoms with E-state index in [0.29, 0.717) is 18.2 Å². The summed E-state index contributed by atoms with van der Waals surface area (Å²) >= 11 is 0. The smallest absolute Gasteiger partial charge is 0.122 e. The molecule has 1 aromatic rings. The van der Waals surface area contributed by atoms with Crippen LogP contribution in [-0.4, -0.2) is 25.9 Å². The largest absolute Gasteiger partial charge is 0.493 e. The van der Waals surface area contributed by atoms with Crippen LogP contribution < -0.4 is 10.1 Å². The Balaban J connectivity index is 1.71. The summed E-state index contributed by atoms with van der Waals surface area (Å²) in [6.45, 7) is 7.67. The molecule has 3 atom stereocenters. The first kappa shape index (κ1) is 14.9. The molecule has 0 bridgehead atoms. The summed E-state index contributed by atoms with van der Waals surface area (Å²) < 4.78 is 11.2. The Bertz CT molecular complexity index is 512. The van der Waals surface area contributed by atoms with Gasteiger partial charge in [0.05, 0.1) is 12.7 Å². The van der Waals surface area contributed by atoms with Crippen molar-refractivity contribution in [1.82, 2.24) is 5.32 Å². The van der Waals surface area contributed by atoms with Gasteiger partial charge in [-0.3, -0.25) is 0 Å². The van der Waals surface area contributed by atoms with E-state index >= 15 is 0 Å². The predicted molar refractivity (Wildman–Crippen MR) is 84.8 cm³/mol. The fourth-order valence-corrected chi connectivity index (χ4v) is 3.68. The highest BCUT2D eigenvalue weighted by atomic mass is 16.5. The number of nitrogens with one attached hydrogen (secondary N) is 1. The molecule has 0 radical (unpaired) electrons. The van der Waals surface area contributed by atoms with Gasteiger partial charge in [-0.05, 0) is 30.0 Å². The molecular formula is C18H27NO2. The third kappa shape index (κ3) is 2.58. The molecule has 1 heterocycles. The van der Waals surface area contributed by atoms with Gasteiger partial charge in [-0.2, -0.15) is 0 Å². The van der Waals surface area contributed by atoms with Crippen LogP contribution in [0, 0.1) is 5.41 Å². The van der Waals surface area contributed by atoms with E-state index in [9.17, 15) is 0 Å². The van der Waals surface area contributed by atoms with Crippen molar-refractivity contribution < 1.29 is 9.47 Å². The summed E-state index contributed by atoms with van der Waals surface area (Å²) in [6.07, 6.45) is 3.62. The second kappa shape index (κ2) is 5.62. The van der Waals surface area contributed by atoms with Crippen molar-refractivity contribution in [3.05, 3.63) is 29.3 Å². The van der Waals surface area contributed by atoms with Crippen LogP contribution in [-0.2, 0) is 11.2 Å². The average Bonchev–Trinajstić information content (AvgIpc) is 2.94. The number of rotatable bonds is 5. The Hall–Kier alpha value is -1.06. The van der Waals surface area contributed by atoms with E-state index in [1.165, 1.54) is 11.1 Å². The number of hydrogen-bond donors (Lipinski definition) is 1. The highest BCUT2D eigenvalue weighted by molar-refractivity contribution is 5.40. The molecule has 1 fully saturated rings. The molecule has 1 aliphatic heterocycles. The summed E-state index contributed by atoms with van der Waals surface area (Å²) in [5.74, 6) is 1.07. The third-order valence-corrected chi connectivity index (χ3v) is 5.39. The van der Waals surface area contributed by atoms with Gasteiger partial charge in [0.2, 0.25) is 0 Å². The van der Waals surface area contributed by atoms with E-state index in [-0.39, 0.29) is 5.41 Å². The van der Waals surface area contributed by atoms with Crippen LogP contribution in [0.1, 0.15) is 50.8 Å². The van der Waals surface area contributed by atoms with Crippen LogP contribution in [0.15, 0.2) is 18.2 Å². The molecule has 1 saturated carbocycles. The van der Waals surface area contributed by atoms with Gasteiger partial charge in [0.25, 0.3) is 0 Å². The van der Waals surface area contributed by atoms with Gasteiger partial charge in [0.1, 0.15) is 5.75 Å². The molecule has 0 saturated heterocycles. The van der Waals surface area contributed by atoms with Crippen LogP contribution in [0.25, 0.3) is 0 Å². The highest BCUT2D eigenvalue weighted by Crippen LogP contribution is 2.43. The van der Waals surface area contributed by atoms with Crippen molar-refractivity contribution in [2.24, 2.45) is 5.41 Å².